The maximum atomic E-state index is 13.1. The summed E-state index contributed by atoms with van der Waals surface area (Å²) in [4.78, 5) is 13.1. The molecule has 132 valence electrons. The molecule has 0 atom stereocenters. The van der Waals surface area contributed by atoms with Gasteiger partial charge in [0.05, 0.1) is 18.4 Å². The summed E-state index contributed by atoms with van der Waals surface area (Å²) in [6.07, 6.45) is 1.88. The summed E-state index contributed by atoms with van der Waals surface area (Å²) in [5.74, 6) is 0.619. The minimum Gasteiger partial charge on any atom is -0.497 e. The molecule has 3 aromatic carbocycles. The molecule has 0 unspecified atom stereocenters. The Labute approximate surface area is 158 Å². The molecule has 27 heavy (non-hydrogen) atoms. The molecule has 0 radical (unpaired) electrons. The molecule has 0 aromatic heterocycles. The molecular formula is C23H18N2O2. The van der Waals surface area contributed by atoms with Gasteiger partial charge in [0, 0.05) is 5.56 Å². The Hall–Kier alpha value is -3.66. The third kappa shape index (κ3) is 3.37. The zero-order chi connectivity index (χ0) is 18.6. The number of hydrazone groups is 1. The van der Waals surface area contributed by atoms with E-state index in [9.17, 15) is 4.79 Å². The highest BCUT2D eigenvalue weighted by Gasteiger charge is 2.31. The van der Waals surface area contributed by atoms with E-state index in [0.717, 1.165) is 22.6 Å². The van der Waals surface area contributed by atoms with Crippen LogP contribution in [0.1, 0.15) is 11.1 Å². The highest BCUT2D eigenvalue weighted by Crippen LogP contribution is 2.28. The van der Waals surface area contributed by atoms with Gasteiger partial charge in [-0.2, -0.15) is 10.1 Å². The number of anilines is 1. The Morgan fingerprint density at radius 2 is 1.48 bits per heavy atom. The topological polar surface area (TPSA) is 41.9 Å². The van der Waals surface area contributed by atoms with Gasteiger partial charge in [-0.05, 0) is 48.0 Å². The first-order valence-corrected chi connectivity index (χ1v) is 8.66. The minimum atomic E-state index is -0.143. The molecule has 1 heterocycles. The summed E-state index contributed by atoms with van der Waals surface area (Å²) in [6.45, 7) is 0. The van der Waals surface area contributed by atoms with E-state index in [4.69, 9.17) is 4.74 Å². The molecule has 1 aliphatic rings. The number of hydrogen-bond donors (Lipinski definition) is 0. The summed E-state index contributed by atoms with van der Waals surface area (Å²) in [5, 5.41) is 6.09. The highest BCUT2D eigenvalue weighted by atomic mass is 16.5. The van der Waals surface area contributed by atoms with Crippen LogP contribution in [0.4, 0.5) is 5.69 Å². The fourth-order valence-electron chi connectivity index (χ4n) is 2.97. The Morgan fingerprint density at radius 1 is 0.852 bits per heavy atom. The van der Waals surface area contributed by atoms with Gasteiger partial charge >= 0.3 is 0 Å². The number of carbonyl (C=O) groups excluding carboxylic acids is 1. The molecule has 4 rings (SSSR count). The van der Waals surface area contributed by atoms with Crippen LogP contribution in [0.25, 0.3) is 6.08 Å². The van der Waals surface area contributed by atoms with Gasteiger partial charge in [-0.1, -0.05) is 48.5 Å². The first-order chi connectivity index (χ1) is 13.3. The van der Waals surface area contributed by atoms with Gasteiger partial charge in [-0.15, -0.1) is 0 Å². The van der Waals surface area contributed by atoms with E-state index in [1.165, 1.54) is 5.01 Å². The number of benzene rings is 3. The second kappa shape index (κ2) is 7.30. The zero-order valence-electron chi connectivity index (χ0n) is 14.9. The smallest absolute Gasteiger partial charge is 0.281 e. The van der Waals surface area contributed by atoms with E-state index in [2.05, 4.69) is 5.10 Å². The zero-order valence-corrected chi connectivity index (χ0v) is 14.9. The van der Waals surface area contributed by atoms with E-state index in [1.807, 2.05) is 91.0 Å². The van der Waals surface area contributed by atoms with Crippen molar-refractivity contribution in [3.8, 4) is 5.75 Å². The van der Waals surface area contributed by atoms with Crippen LogP contribution in [0, 0.1) is 0 Å². The summed E-state index contributed by atoms with van der Waals surface area (Å²) in [5.41, 5.74) is 3.78. The quantitative estimate of drug-likeness (QED) is 0.646. The van der Waals surface area contributed by atoms with Crippen LogP contribution >= 0.6 is 0 Å². The van der Waals surface area contributed by atoms with Crippen LogP contribution in [0.2, 0.25) is 0 Å². The SMILES string of the molecule is COc1ccc(C2=NN(c3ccccc3)C(=O)/C2=C\c2ccccc2)cc1. The Bertz CT molecular complexity index is 1010. The van der Waals surface area contributed by atoms with Gasteiger partial charge in [0.15, 0.2) is 0 Å². The molecule has 1 amide bonds. The largest absolute Gasteiger partial charge is 0.497 e. The van der Waals surface area contributed by atoms with Crippen molar-refractivity contribution < 1.29 is 9.53 Å². The van der Waals surface area contributed by atoms with Crippen LogP contribution < -0.4 is 9.75 Å². The first-order valence-electron chi connectivity index (χ1n) is 8.66. The number of para-hydroxylation sites is 1. The van der Waals surface area contributed by atoms with E-state index < -0.39 is 0 Å². The number of amides is 1. The molecule has 4 heteroatoms. The van der Waals surface area contributed by atoms with Crippen molar-refractivity contribution >= 4 is 23.4 Å². The molecule has 0 spiro atoms. The maximum Gasteiger partial charge on any atom is 0.281 e. The lowest BCUT2D eigenvalue weighted by molar-refractivity contribution is -0.114. The van der Waals surface area contributed by atoms with Crippen molar-refractivity contribution in [3.05, 3.63) is 102 Å². The van der Waals surface area contributed by atoms with Crippen molar-refractivity contribution in [2.24, 2.45) is 5.10 Å². The van der Waals surface area contributed by atoms with Gasteiger partial charge in [-0.25, -0.2) is 0 Å². The van der Waals surface area contributed by atoms with Crippen LogP contribution in [0.5, 0.6) is 5.75 Å². The van der Waals surface area contributed by atoms with Crippen LogP contribution in [-0.4, -0.2) is 18.7 Å². The summed E-state index contributed by atoms with van der Waals surface area (Å²) >= 11 is 0. The van der Waals surface area contributed by atoms with Crippen molar-refractivity contribution in [1.29, 1.82) is 0 Å². The lowest BCUT2D eigenvalue weighted by atomic mass is 10.00. The standard InChI is InChI=1S/C23H18N2O2/c1-27-20-14-12-18(13-15-20)22-21(16-17-8-4-2-5-9-17)23(26)25(24-22)19-10-6-3-7-11-19/h2-16H,1H3/b21-16-. The Morgan fingerprint density at radius 3 is 2.11 bits per heavy atom. The molecule has 0 saturated carbocycles. The number of carbonyl (C=O) groups is 1. The predicted molar refractivity (Wildman–Crippen MR) is 108 cm³/mol. The highest BCUT2D eigenvalue weighted by molar-refractivity contribution is 6.37. The molecule has 0 aliphatic carbocycles. The minimum absolute atomic E-state index is 0.143. The molecular weight excluding hydrogens is 336 g/mol. The predicted octanol–water partition coefficient (Wildman–Crippen LogP) is 4.53. The van der Waals surface area contributed by atoms with Crippen LogP contribution in [-0.2, 0) is 4.79 Å². The van der Waals surface area contributed by atoms with E-state index in [-0.39, 0.29) is 5.91 Å². The van der Waals surface area contributed by atoms with Crippen molar-refractivity contribution in [3.63, 3.8) is 0 Å². The maximum absolute atomic E-state index is 13.1. The van der Waals surface area contributed by atoms with Crippen LogP contribution in [0.3, 0.4) is 0 Å². The molecule has 0 bridgehead atoms. The lowest BCUT2D eigenvalue weighted by Crippen LogP contribution is -2.21. The van der Waals surface area contributed by atoms with Crippen molar-refractivity contribution in [1.82, 2.24) is 0 Å². The first kappa shape index (κ1) is 16.8. The second-order valence-corrected chi connectivity index (χ2v) is 6.10. The van der Waals surface area contributed by atoms with Crippen molar-refractivity contribution in [2.45, 2.75) is 0 Å². The monoisotopic (exact) mass is 354 g/mol. The summed E-state index contributed by atoms with van der Waals surface area (Å²) < 4.78 is 5.23. The molecule has 0 saturated heterocycles. The lowest BCUT2D eigenvalue weighted by Gasteiger charge is -2.10. The van der Waals surface area contributed by atoms with Gasteiger partial charge in [-0.3, -0.25) is 4.79 Å². The molecule has 1 aliphatic heterocycles. The van der Waals surface area contributed by atoms with Crippen molar-refractivity contribution in [2.75, 3.05) is 12.1 Å². The van der Waals surface area contributed by atoms with E-state index in [1.54, 1.807) is 7.11 Å². The second-order valence-electron chi connectivity index (χ2n) is 6.10. The average molecular weight is 354 g/mol. The van der Waals surface area contributed by atoms with Gasteiger partial charge in [0.2, 0.25) is 0 Å². The van der Waals surface area contributed by atoms with E-state index in [0.29, 0.717) is 11.3 Å². The number of methoxy groups -OCH3 is 1. The fraction of sp³-hybridized carbons (Fsp3) is 0.0435. The molecule has 3 aromatic rings. The van der Waals surface area contributed by atoms with Gasteiger partial charge < -0.3 is 4.74 Å². The fourth-order valence-corrected chi connectivity index (χ4v) is 2.97. The third-order valence-corrected chi connectivity index (χ3v) is 4.35. The third-order valence-electron chi connectivity index (χ3n) is 4.35. The van der Waals surface area contributed by atoms with Gasteiger partial charge in [0.25, 0.3) is 5.91 Å². The van der Waals surface area contributed by atoms with Crippen LogP contribution in [0.15, 0.2) is 95.6 Å². The molecule has 0 fully saturated rings. The molecule has 4 nitrogen and oxygen atoms in total. The number of hydrogen-bond acceptors (Lipinski definition) is 3. The summed E-state index contributed by atoms with van der Waals surface area (Å²) in [6, 6.07) is 26.8. The Kier molecular flexibility index (Phi) is 4.54. The number of nitrogens with zero attached hydrogens (tertiary/aromatic N) is 2. The number of ether oxygens (including phenoxy) is 1. The molecule has 0 N–H and O–H groups in total. The average Bonchev–Trinajstić information content (AvgIpc) is 3.06. The normalized spacial score (nSPS) is 15.1. The Balaban J connectivity index is 1.81. The van der Waals surface area contributed by atoms with Gasteiger partial charge in [0.1, 0.15) is 11.5 Å². The van der Waals surface area contributed by atoms with E-state index >= 15 is 0 Å². The number of rotatable bonds is 4. The summed E-state index contributed by atoms with van der Waals surface area (Å²) in [7, 11) is 1.63.